The van der Waals surface area contributed by atoms with E-state index in [9.17, 15) is 4.79 Å². The molecule has 0 aliphatic rings. The molecule has 0 atom stereocenters. The largest absolute Gasteiger partial charge is 0.296 e. The average Bonchev–Trinajstić information content (AvgIpc) is 2.93. The van der Waals surface area contributed by atoms with Crippen molar-refractivity contribution in [3.05, 3.63) is 42.5 Å². The number of anilines is 1. The monoisotopic (exact) mass is 337 g/mol. The van der Waals surface area contributed by atoms with Crippen LogP contribution in [0.2, 0.25) is 0 Å². The maximum atomic E-state index is 12.3. The number of thioether (sulfide) groups is 2. The topological polar surface area (TPSA) is 54.9 Å². The van der Waals surface area contributed by atoms with Crippen LogP contribution in [0.1, 0.15) is 17.3 Å². The van der Waals surface area contributed by atoms with Crippen molar-refractivity contribution in [3.63, 3.8) is 0 Å². The van der Waals surface area contributed by atoms with Gasteiger partial charge in [0.25, 0.3) is 5.91 Å². The molecule has 1 heterocycles. The van der Waals surface area contributed by atoms with Gasteiger partial charge in [-0.05, 0) is 17.9 Å². The SMILES string of the molecule is C=CCSc1ccccc1C(=O)Nc1nnc(SCC)s1. The molecule has 4 nitrogen and oxygen atoms in total. The van der Waals surface area contributed by atoms with Gasteiger partial charge >= 0.3 is 0 Å². The van der Waals surface area contributed by atoms with Crippen molar-refractivity contribution in [2.75, 3.05) is 16.8 Å². The molecule has 2 rings (SSSR count). The Labute approximate surface area is 136 Å². The maximum absolute atomic E-state index is 12.3. The predicted octanol–water partition coefficient (Wildman–Crippen LogP) is 4.18. The van der Waals surface area contributed by atoms with Crippen LogP contribution in [0.15, 0.2) is 46.2 Å². The predicted molar refractivity (Wildman–Crippen MR) is 91.6 cm³/mol. The van der Waals surface area contributed by atoms with E-state index in [2.05, 4.69) is 29.0 Å². The number of nitrogens with one attached hydrogen (secondary N) is 1. The van der Waals surface area contributed by atoms with E-state index in [0.717, 1.165) is 20.7 Å². The third-order valence-electron chi connectivity index (χ3n) is 2.38. The van der Waals surface area contributed by atoms with Crippen molar-refractivity contribution in [3.8, 4) is 0 Å². The molecular formula is C14H15N3OS3. The minimum absolute atomic E-state index is 0.161. The van der Waals surface area contributed by atoms with Crippen molar-refractivity contribution in [1.82, 2.24) is 10.2 Å². The molecule has 0 bridgehead atoms. The number of hydrogen-bond donors (Lipinski definition) is 1. The molecule has 1 amide bonds. The minimum atomic E-state index is -0.161. The van der Waals surface area contributed by atoms with E-state index in [1.165, 1.54) is 11.3 Å². The van der Waals surface area contributed by atoms with E-state index >= 15 is 0 Å². The molecule has 0 fully saturated rings. The van der Waals surface area contributed by atoms with Crippen molar-refractivity contribution in [1.29, 1.82) is 0 Å². The second-order valence-electron chi connectivity index (χ2n) is 3.86. The summed E-state index contributed by atoms with van der Waals surface area (Å²) in [5, 5.41) is 11.3. The van der Waals surface area contributed by atoms with Gasteiger partial charge in [-0.15, -0.1) is 28.5 Å². The number of carbonyl (C=O) groups excluding carboxylic acids is 1. The van der Waals surface area contributed by atoms with Crippen LogP contribution in [0.3, 0.4) is 0 Å². The second-order valence-corrected chi connectivity index (χ2v) is 7.41. The average molecular weight is 337 g/mol. The van der Waals surface area contributed by atoms with Gasteiger partial charge in [-0.1, -0.05) is 48.2 Å². The molecule has 21 heavy (non-hydrogen) atoms. The summed E-state index contributed by atoms with van der Waals surface area (Å²) in [7, 11) is 0. The van der Waals surface area contributed by atoms with Gasteiger partial charge in [0.05, 0.1) is 5.56 Å². The fourth-order valence-corrected chi connectivity index (χ4v) is 3.97. The molecule has 1 aromatic heterocycles. The van der Waals surface area contributed by atoms with E-state index in [1.807, 2.05) is 30.3 Å². The number of carbonyl (C=O) groups is 1. The van der Waals surface area contributed by atoms with Gasteiger partial charge in [0.15, 0.2) is 4.34 Å². The van der Waals surface area contributed by atoms with Gasteiger partial charge in [-0.25, -0.2) is 0 Å². The molecule has 0 saturated heterocycles. The molecule has 0 aliphatic heterocycles. The van der Waals surface area contributed by atoms with Crippen molar-refractivity contribution in [2.24, 2.45) is 0 Å². The summed E-state index contributed by atoms with van der Waals surface area (Å²) in [6.45, 7) is 5.75. The van der Waals surface area contributed by atoms with Crippen LogP contribution in [-0.4, -0.2) is 27.6 Å². The van der Waals surface area contributed by atoms with Crippen molar-refractivity contribution in [2.45, 2.75) is 16.2 Å². The van der Waals surface area contributed by atoms with Crippen molar-refractivity contribution < 1.29 is 4.79 Å². The lowest BCUT2D eigenvalue weighted by atomic mass is 10.2. The van der Waals surface area contributed by atoms with Crippen LogP contribution >= 0.6 is 34.9 Å². The summed E-state index contributed by atoms with van der Waals surface area (Å²) in [6, 6.07) is 7.51. The molecule has 1 N–H and O–H groups in total. The molecule has 0 saturated carbocycles. The second kappa shape index (κ2) is 8.21. The first kappa shape index (κ1) is 16.1. The summed E-state index contributed by atoms with van der Waals surface area (Å²) in [4.78, 5) is 13.3. The van der Waals surface area contributed by atoms with Gasteiger partial charge in [0, 0.05) is 10.6 Å². The van der Waals surface area contributed by atoms with E-state index in [0.29, 0.717) is 10.7 Å². The Balaban J connectivity index is 2.10. The number of hydrogen-bond acceptors (Lipinski definition) is 6. The third kappa shape index (κ3) is 4.59. The molecule has 0 unspecified atom stereocenters. The lowest BCUT2D eigenvalue weighted by Crippen LogP contribution is -2.12. The van der Waals surface area contributed by atoms with E-state index in [1.54, 1.807) is 23.5 Å². The van der Waals surface area contributed by atoms with Crippen LogP contribution in [-0.2, 0) is 0 Å². The van der Waals surface area contributed by atoms with Gasteiger partial charge in [0.1, 0.15) is 0 Å². The van der Waals surface area contributed by atoms with E-state index < -0.39 is 0 Å². The number of nitrogens with zero attached hydrogens (tertiary/aromatic N) is 2. The lowest BCUT2D eigenvalue weighted by molar-refractivity contribution is 0.102. The van der Waals surface area contributed by atoms with Crippen molar-refractivity contribution >= 4 is 45.9 Å². The number of rotatable bonds is 7. The highest BCUT2D eigenvalue weighted by molar-refractivity contribution is 8.01. The third-order valence-corrected chi connectivity index (χ3v) is 5.31. The molecule has 0 aliphatic carbocycles. The summed E-state index contributed by atoms with van der Waals surface area (Å²) in [6.07, 6.45) is 1.82. The Hall–Kier alpha value is -1.31. The first-order valence-corrected chi connectivity index (χ1v) is 9.13. The van der Waals surface area contributed by atoms with E-state index in [4.69, 9.17) is 0 Å². The number of amides is 1. The van der Waals surface area contributed by atoms with Crippen LogP contribution in [0.5, 0.6) is 0 Å². The first-order chi connectivity index (χ1) is 10.2. The highest BCUT2D eigenvalue weighted by Crippen LogP contribution is 2.27. The van der Waals surface area contributed by atoms with Gasteiger partial charge in [-0.2, -0.15) is 0 Å². The number of aromatic nitrogens is 2. The Morgan fingerprint density at radius 3 is 2.95 bits per heavy atom. The molecule has 0 radical (unpaired) electrons. The summed E-state index contributed by atoms with van der Waals surface area (Å²) >= 11 is 4.59. The first-order valence-electron chi connectivity index (χ1n) is 6.35. The van der Waals surface area contributed by atoms with Gasteiger partial charge in [0.2, 0.25) is 5.13 Å². The molecule has 110 valence electrons. The zero-order valence-electron chi connectivity index (χ0n) is 11.5. The lowest BCUT2D eigenvalue weighted by Gasteiger charge is -2.07. The molecular weight excluding hydrogens is 322 g/mol. The van der Waals surface area contributed by atoms with Crippen LogP contribution in [0.4, 0.5) is 5.13 Å². The summed E-state index contributed by atoms with van der Waals surface area (Å²) in [5.74, 6) is 1.54. The fraction of sp³-hybridized carbons (Fsp3) is 0.214. The number of benzene rings is 1. The fourth-order valence-electron chi connectivity index (χ4n) is 1.54. The maximum Gasteiger partial charge on any atom is 0.258 e. The van der Waals surface area contributed by atoms with Crippen LogP contribution in [0.25, 0.3) is 0 Å². The highest BCUT2D eigenvalue weighted by atomic mass is 32.2. The Kier molecular flexibility index (Phi) is 6.28. The summed E-state index contributed by atoms with van der Waals surface area (Å²) < 4.78 is 0.863. The zero-order valence-corrected chi connectivity index (χ0v) is 14.0. The Morgan fingerprint density at radius 2 is 2.19 bits per heavy atom. The van der Waals surface area contributed by atoms with Gasteiger partial charge < -0.3 is 0 Å². The normalized spacial score (nSPS) is 10.3. The zero-order chi connectivity index (χ0) is 15.1. The molecule has 1 aromatic carbocycles. The Bertz CT molecular complexity index is 627. The molecule has 2 aromatic rings. The minimum Gasteiger partial charge on any atom is -0.296 e. The highest BCUT2D eigenvalue weighted by Gasteiger charge is 2.13. The summed E-state index contributed by atoms with van der Waals surface area (Å²) in [5.41, 5.74) is 0.643. The molecule has 7 heteroatoms. The molecule has 0 spiro atoms. The van der Waals surface area contributed by atoms with Crippen LogP contribution < -0.4 is 5.32 Å². The van der Waals surface area contributed by atoms with Crippen LogP contribution in [0, 0.1) is 0 Å². The Morgan fingerprint density at radius 1 is 1.38 bits per heavy atom. The smallest absolute Gasteiger partial charge is 0.258 e. The quantitative estimate of drug-likeness (QED) is 0.466. The standard InChI is InChI=1S/C14H15N3OS3/c1-3-9-20-11-8-6-5-7-10(11)12(18)15-13-16-17-14(21-13)19-4-2/h3,5-8H,1,4,9H2,2H3,(H,15,16,18). The van der Waals surface area contributed by atoms with E-state index in [-0.39, 0.29) is 5.91 Å². The van der Waals surface area contributed by atoms with Gasteiger partial charge in [-0.3, -0.25) is 10.1 Å².